The Morgan fingerprint density at radius 2 is 1.69 bits per heavy atom. The van der Waals surface area contributed by atoms with Crippen molar-refractivity contribution in [3.05, 3.63) is 12.2 Å². The van der Waals surface area contributed by atoms with Gasteiger partial charge in [0.2, 0.25) is 0 Å². The lowest BCUT2D eigenvalue weighted by atomic mass is 9.77. The van der Waals surface area contributed by atoms with Gasteiger partial charge >= 0.3 is 0 Å². The lowest BCUT2D eigenvalue weighted by molar-refractivity contribution is 0.249. The lowest BCUT2D eigenvalue weighted by Gasteiger charge is -2.29. The van der Waals surface area contributed by atoms with Gasteiger partial charge in [0.05, 0.1) is 0 Å². The quantitative estimate of drug-likeness (QED) is 0.509. The summed E-state index contributed by atoms with van der Waals surface area (Å²) in [5, 5.41) is 0. The summed E-state index contributed by atoms with van der Waals surface area (Å²) in [6.45, 7) is 16.3. The van der Waals surface area contributed by atoms with E-state index in [0.717, 1.165) is 17.8 Å². The molecule has 0 spiro atoms. The van der Waals surface area contributed by atoms with Crippen LogP contribution in [0.5, 0.6) is 0 Å². The average molecular weight is 224 g/mol. The molecule has 0 aliphatic carbocycles. The molecule has 0 aromatic heterocycles. The molecule has 0 heteroatoms. The molecule has 0 amide bonds. The standard InChI is InChI=1S/C16H32/c1-8-10-15(11-12-16(5,6)7)14(4)13(3)9-2/h8,10,13-15H,9,11-12H2,1-7H3. The fourth-order valence-corrected chi connectivity index (χ4v) is 2.18. The van der Waals surface area contributed by atoms with Gasteiger partial charge in [-0.3, -0.25) is 0 Å². The van der Waals surface area contributed by atoms with Crippen molar-refractivity contribution in [3.63, 3.8) is 0 Å². The summed E-state index contributed by atoms with van der Waals surface area (Å²) in [5.74, 6) is 2.41. The van der Waals surface area contributed by atoms with Crippen LogP contribution in [0.15, 0.2) is 12.2 Å². The van der Waals surface area contributed by atoms with E-state index in [1.807, 2.05) is 0 Å². The van der Waals surface area contributed by atoms with Crippen LogP contribution in [0, 0.1) is 23.2 Å². The molecule has 16 heavy (non-hydrogen) atoms. The molecule has 0 radical (unpaired) electrons. The molecule has 0 aromatic carbocycles. The smallest absolute Gasteiger partial charge is 0.0205 e. The Bertz CT molecular complexity index is 195. The van der Waals surface area contributed by atoms with E-state index in [1.165, 1.54) is 19.3 Å². The minimum absolute atomic E-state index is 0.467. The number of allylic oxidation sites excluding steroid dienone is 2. The molecule has 3 atom stereocenters. The molecule has 0 aromatic rings. The maximum atomic E-state index is 2.42. The third-order valence-electron chi connectivity index (χ3n) is 3.88. The van der Waals surface area contributed by atoms with Gasteiger partial charge in [-0.05, 0) is 42.9 Å². The van der Waals surface area contributed by atoms with E-state index >= 15 is 0 Å². The Labute approximate surface area is 104 Å². The third kappa shape index (κ3) is 6.35. The van der Waals surface area contributed by atoms with Crippen molar-refractivity contribution in [1.29, 1.82) is 0 Å². The van der Waals surface area contributed by atoms with E-state index in [2.05, 4.69) is 60.6 Å². The minimum Gasteiger partial charge on any atom is -0.0914 e. The molecule has 0 aliphatic rings. The monoisotopic (exact) mass is 224 g/mol. The first-order valence-electron chi connectivity index (χ1n) is 6.94. The van der Waals surface area contributed by atoms with E-state index in [0.29, 0.717) is 5.41 Å². The average Bonchev–Trinajstić information content (AvgIpc) is 2.20. The molecule has 0 saturated heterocycles. The van der Waals surface area contributed by atoms with Gasteiger partial charge in [0.1, 0.15) is 0 Å². The highest BCUT2D eigenvalue weighted by molar-refractivity contribution is 4.90. The van der Waals surface area contributed by atoms with Crippen LogP contribution in [0.4, 0.5) is 0 Å². The third-order valence-corrected chi connectivity index (χ3v) is 3.88. The summed E-state index contributed by atoms with van der Waals surface area (Å²) in [4.78, 5) is 0. The largest absolute Gasteiger partial charge is 0.0914 e. The van der Waals surface area contributed by atoms with Gasteiger partial charge in [-0.15, -0.1) is 0 Å². The molecule has 0 heterocycles. The molecular formula is C16H32. The van der Waals surface area contributed by atoms with Gasteiger partial charge in [-0.25, -0.2) is 0 Å². The van der Waals surface area contributed by atoms with E-state index in [9.17, 15) is 0 Å². The second-order valence-electron chi connectivity index (χ2n) is 6.53. The molecule has 3 unspecified atom stereocenters. The molecule has 0 fully saturated rings. The highest BCUT2D eigenvalue weighted by Gasteiger charge is 2.21. The van der Waals surface area contributed by atoms with E-state index in [1.54, 1.807) is 0 Å². The SMILES string of the molecule is CC=CC(CCC(C)(C)C)C(C)C(C)CC. The van der Waals surface area contributed by atoms with E-state index < -0.39 is 0 Å². The number of hydrogen-bond acceptors (Lipinski definition) is 0. The van der Waals surface area contributed by atoms with Gasteiger partial charge in [-0.2, -0.15) is 0 Å². The molecule has 0 bridgehead atoms. The molecule has 0 saturated carbocycles. The maximum Gasteiger partial charge on any atom is -0.0205 e. The Morgan fingerprint density at radius 3 is 2.06 bits per heavy atom. The van der Waals surface area contributed by atoms with Gasteiger partial charge in [0, 0.05) is 0 Å². The first-order valence-corrected chi connectivity index (χ1v) is 6.94. The second-order valence-corrected chi connectivity index (χ2v) is 6.53. The molecule has 0 rings (SSSR count). The van der Waals surface area contributed by atoms with Crippen LogP contribution >= 0.6 is 0 Å². The summed E-state index contributed by atoms with van der Waals surface area (Å²) in [6.07, 6.45) is 8.60. The minimum atomic E-state index is 0.467. The zero-order valence-corrected chi connectivity index (χ0v) is 12.5. The van der Waals surface area contributed by atoms with Crippen LogP contribution in [-0.4, -0.2) is 0 Å². The maximum absolute atomic E-state index is 2.42. The Morgan fingerprint density at radius 1 is 1.12 bits per heavy atom. The Balaban J connectivity index is 4.38. The Hall–Kier alpha value is -0.260. The summed E-state index contributed by atoms with van der Waals surface area (Å²) < 4.78 is 0. The highest BCUT2D eigenvalue weighted by atomic mass is 14.3. The van der Waals surface area contributed by atoms with Crippen molar-refractivity contribution in [2.45, 2.75) is 67.7 Å². The van der Waals surface area contributed by atoms with Crippen molar-refractivity contribution in [2.75, 3.05) is 0 Å². The summed E-state index contributed by atoms with van der Waals surface area (Å²) in [6, 6.07) is 0. The van der Waals surface area contributed by atoms with Crippen LogP contribution in [0.1, 0.15) is 67.7 Å². The van der Waals surface area contributed by atoms with Crippen molar-refractivity contribution >= 4 is 0 Å². The van der Waals surface area contributed by atoms with Gasteiger partial charge < -0.3 is 0 Å². The first-order chi connectivity index (χ1) is 7.31. The fraction of sp³-hybridized carbons (Fsp3) is 0.875. The second kappa shape index (κ2) is 7.14. The fourth-order valence-electron chi connectivity index (χ4n) is 2.18. The van der Waals surface area contributed by atoms with Crippen molar-refractivity contribution in [2.24, 2.45) is 23.2 Å². The highest BCUT2D eigenvalue weighted by Crippen LogP contribution is 2.32. The summed E-state index contributed by atoms with van der Waals surface area (Å²) in [5.41, 5.74) is 0.467. The van der Waals surface area contributed by atoms with Gasteiger partial charge in [-0.1, -0.05) is 60.1 Å². The van der Waals surface area contributed by atoms with Crippen LogP contribution in [0.3, 0.4) is 0 Å². The van der Waals surface area contributed by atoms with Crippen LogP contribution in [0.2, 0.25) is 0 Å². The first kappa shape index (κ1) is 15.7. The predicted molar refractivity (Wildman–Crippen MR) is 75.6 cm³/mol. The molecule has 0 nitrogen and oxygen atoms in total. The van der Waals surface area contributed by atoms with Crippen molar-refractivity contribution in [3.8, 4) is 0 Å². The summed E-state index contributed by atoms with van der Waals surface area (Å²) in [7, 11) is 0. The van der Waals surface area contributed by atoms with Crippen molar-refractivity contribution in [1.82, 2.24) is 0 Å². The molecule has 96 valence electrons. The summed E-state index contributed by atoms with van der Waals surface area (Å²) >= 11 is 0. The van der Waals surface area contributed by atoms with Crippen LogP contribution in [-0.2, 0) is 0 Å². The lowest BCUT2D eigenvalue weighted by Crippen LogP contribution is -2.19. The molecule has 0 N–H and O–H groups in total. The van der Waals surface area contributed by atoms with Crippen LogP contribution < -0.4 is 0 Å². The van der Waals surface area contributed by atoms with E-state index in [-0.39, 0.29) is 0 Å². The topological polar surface area (TPSA) is 0 Å². The Kier molecular flexibility index (Phi) is 7.03. The van der Waals surface area contributed by atoms with Gasteiger partial charge in [0.25, 0.3) is 0 Å². The van der Waals surface area contributed by atoms with Crippen molar-refractivity contribution < 1.29 is 0 Å². The molecular weight excluding hydrogens is 192 g/mol. The zero-order chi connectivity index (χ0) is 12.8. The normalized spacial score (nSPS) is 18.7. The molecule has 0 aliphatic heterocycles. The zero-order valence-electron chi connectivity index (χ0n) is 12.5. The number of rotatable bonds is 6. The predicted octanol–water partition coefficient (Wildman–Crippen LogP) is 5.69. The number of hydrogen-bond donors (Lipinski definition) is 0. The van der Waals surface area contributed by atoms with Gasteiger partial charge in [0.15, 0.2) is 0 Å². The van der Waals surface area contributed by atoms with Crippen LogP contribution in [0.25, 0.3) is 0 Å². The van der Waals surface area contributed by atoms with E-state index in [4.69, 9.17) is 0 Å².